The number of ether oxygens (including phenoxy) is 2. The van der Waals surface area contributed by atoms with E-state index in [0.29, 0.717) is 42.2 Å². The Kier molecular flexibility index (Phi) is 9.07. The van der Waals surface area contributed by atoms with Gasteiger partial charge in [0.25, 0.3) is 0 Å². The number of carboxylic acid groups (broad SMARTS) is 1. The van der Waals surface area contributed by atoms with E-state index in [2.05, 4.69) is 56.2 Å². The van der Waals surface area contributed by atoms with Crippen molar-refractivity contribution in [3.63, 3.8) is 0 Å². The SMILES string of the molecule is CC(C)Oc1ccc2c(c1)C1(CCC(Nc3cccc(Cl)c3)(C(=O)O)CC1)[C@@H](C[C@@H](C)COc1ccnc3c1[C@H](C)CCC3)C2. The second kappa shape index (κ2) is 12.9. The Morgan fingerprint density at radius 2 is 1.91 bits per heavy atom. The maximum Gasteiger partial charge on any atom is 0.329 e. The first kappa shape index (κ1) is 31.7. The van der Waals surface area contributed by atoms with Crippen molar-refractivity contribution in [2.75, 3.05) is 11.9 Å². The zero-order valence-corrected chi connectivity index (χ0v) is 27.8. The lowest BCUT2D eigenvalue weighted by molar-refractivity contribution is -0.144. The molecule has 0 unspecified atom stereocenters. The Bertz CT molecular complexity index is 1530. The van der Waals surface area contributed by atoms with Gasteiger partial charge in [0.15, 0.2) is 0 Å². The van der Waals surface area contributed by atoms with Crippen molar-refractivity contribution >= 4 is 23.3 Å². The van der Waals surface area contributed by atoms with Gasteiger partial charge in [0, 0.05) is 28.2 Å². The molecular formula is C38H47ClN2O4. The molecule has 3 aliphatic carbocycles. The molecule has 240 valence electrons. The van der Waals surface area contributed by atoms with Crippen LogP contribution in [0.5, 0.6) is 11.5 Å². The molecule has 0 amide bonds. The molecule has 7 heteroatoms. The Balaban J connectivity index is 1.24. The Morgan fingerprint density at radius 3 is 2.64 bits per heavy atom. The van der Waals surface area contributed by atoms with Gasteiger partial charge in [0.2, 0.25) is 0 Å². The number of aliphatic carboxylic acids is 1. The highest BCUT2D eigenvalue weighted by molar-refractivity contribution is 6.30. The van der Waals surface area contributed by atoms with Gasteiger partial charge in [0.1, 0.15) is 17.0 Å². The molecule has 6 rings (SSSR count). The Morgan fingerprint density at radius 1 is 1.11 bits per heavy atom. The van der Waals surface area contributed by atoms with E-state index in [-0.39, 0.29) is 11.5 Å². The molecule has 1 aromatic heterocycles. The number of benzene rings is 2. The number of carbonyl (C=O) groups is 1. The second-order valence-corrected chi connectivity index (χ2v) is 14.6. The molecular weight excluding hydrogens is 584 g/mol. The first-order valence-electron chi connectivity index (χ1n) is 16.8. The summed E-state index contributed by atoms with van der Waals surface area (Å²) < 4.78 is 12.7. The fourth-order valence-electron chi connectivity index (χ4n) is 8.42. The zero-order valence-electron chi connectivity index (χ0n) is 27.1. The average molecular weight is 631 g/mol. The van der Waals surface area contributed by atoms with Crippen molar-refractivity contribution in [3.05, 3.63) is 82.1 Å². The molecule has 2 aromatic carbocycles. The normalized spacial score (nSPS) is 26.3. The largest absolute Gasteiger partial charge is 0.493 e. The summed E-state index contributed by atoms with van der Waals surface area (Å²) in [7, 11) is 0. The fourth-order valence-corrected chi connectivity index (χ4v) is 8.61. The lowest BCUT2D eigenvalue weighted by Gasteiger charge is -2.47. The lowest BCUT2D eigenvalue weighted by Crippen LogP contribution is -2.53. The summed E-state index contributed by atoms with van der Waals surface area (Å²) in [6, 6.07) is 16.0. The first-order chi connectivity index (χ1) is 21.6. The third-order valence-electron chi connectivity index (χ3n) is 10.6. The number of halogens is 1. The number of rotatable bonds is 10. The Hall–Kier alpha value is -3.25. The van der Waals surface area contributed by atoms with E-state index in [1.807, 2.05) is 36.5 Å². The summed E-state index contributed by atoms with van der Waals surface area (Å²) in [5.41, 5.74) is 4.79. The number of hydrogen-bond donors (Lipinski definition) is 2. The van der Waals surface area contributed by atoms with Gasteiger partial charge in [-0.25, -0.2) is 4.79 Å². The van der Waals surface area contributed by atoms with Crippen molar-refractivity contribution in [2.24, 2.45) is 11.8 Å². The number of aromatic nitrogens is 1. The van der Waals surface area contributed by atoms with Gasteiger partial charge >= 0.3 is 5.97 Å². The number of nitrogens with zero attached hydrogens (tertiary/aromatic N) is 1. The minimum absolute atomic E-state index is 0.0860. The lowest BCUT2D eigenvalue weighted by atomic mass is 9.59. The minimum atomic E-state index is -1.04. The quantitative estimate of drug-likeness (QED) is 0.233. The van der Waals surface area contributed by atoms with Crippen LogP contribution < -0.4 is 14.8 Å². The van der Waals surface area contributed by atoms with E-state index in [4.69, 9.17) is 21.1 Å². The molecule has 0 saturated heterocycles. The third-order valence-corrected chi connectivity index (χ3v) is 10.9. The van der Waals surface area contributed by atoms with Crippen LogP contribution in [-0.2, 0) is 23.1 Å². The molecule has 1 fully saturated rings. The number of anilines is 1. The molecule has 45 heavy (non-hydrogen) atoms. The van der Waals surface area contributed by atoms with Crippen LogP contribution in [0.25, 0.3) is 0 Å². The molecule has 0 aliphatic heterocycles. The molecule has 0 radical (unpaired) electrons. The van der Waals surface area contributed by atoms with E-state index in [1.54, 1.807) is 0 Å². The molecule has 3 aromatic rings. The summed E-state index contributed by atoms with van der Waals surface area (Å²) in [4.78, 5) is 17.5. The number of carboxylic acids is 1. The van der Waals surface area contributed by atoms with Crippen LogP contribution in [0.4, 0.5) is 5.69 Å². The maximum absolute atomic E-state index is 12.9. The predicted octanol–water partition coefficient (Wildman–Crippen LogP) is 8.99. The molecule has 3 atom stereocenters. The molecule has 6 nitrogen and oxygen atoms in total. The first-order valence-corrected chi connectivity index (χ1v) is 17.1. The summed E-state index contributed by atoms with van der Waals surface area (Å²) in [5, 5.41) is 14.5. The number of nitrogens with one attached hydrogen (secondary N) is 1. The predicted molar refractivity (Wildman–Crippen MR) is 180 cm³/mol. The number of pyridine rings is 1. The number of hydrogen-bond acceptors (Lipinski definition) is 5. The second-order valence-electron chi connectivity index (χ2n) is 14.2. The van der Waals surface area contributed by atoms with Gasteiger partial charge in [0.05, 0.1) is 12.7 Å². The minimum Gasteiger partial charge on any atom is -0.493 e. The van der Waals surface area contributed by atoms with Gasteiger partial charge < -0.3 is 19.9 Å². The van der Waals surface area contributed by atoms with Crippen LogP contribution in [0.2, 0.25) is 5.02 Å². The van der Waals surface area contributed by atoms with E-state index < -0.39 is 11.5 Å². The summed E-state index contributed by atoms with van der Waals surface area (Å²) in [6.07, 6.45) is 10.0. The molecule has 1 saturated carbocycles. The Labute approximate surface area is 272 Å². The van der Waals surface area contributed by atoms with Crippen LogP contribution in [0.1, 0.15) is 101 Å². The van der Waals surface area contributed by atoms with Crippen molar-refractivity contribution in [1.29, 1.82) is 0 Å². The number of fused-ring (bicyclic) bond motifs is 3. The fraction of sp³-hybridized carbons (Fsp3) is 0.526. The van der Waals surface area contributed by atoms with Crippen LogP contribution in [0.15, 0.2) is 54.7 Å². The highest BCUT2D eigenvalue weighted by Crippen LogP contribution is 2.57. The molecule has 2 N–H and O–H groups in total. The zero-order chi connectivity index (χ0) is 31.8. The molecule has 1 spiro atoms. The summed E-state index contributed by atoms with van der Waals surface area (Å²) in [6.45, 7) is 9.35. The van der Waals surface area contributed by atoms with Crippen LogP contribution >= 0.6 is 11.6 Å². The molecule has 1 heterocycles. The average Bonchev–Trinajstić information content (AvgIpc) is 3.28. The van der Waals surface area contributed by atoms with Gasteiger partial charge in [-0.3, -0.25) is 4.98 Å². The highest BCUT2D eigenvalue weighted by atomic mass is 35.5. The van der Waals surface area contributed by atoms with Crippen molar-refractivity contribution in [2.45, 2.75) is 108 Å². The standard InChI is InChI=1S/C38H47ClN2O4/c1-24(2)45-31-12-11-27-20-28(19-25(3)23-44-34-13-18-40-33-10-5-7-26(4)35(33)34)37(32(27)22-31)14-16-38(17-15-37,36(42)43)41-30-9-6-8-29(39)21-30/h6,8-9,11-13,18,21-22,24-26,28,41H,5,7,10,14-17,19-20,23H2,1-4H3,(H,42,43)/t25-,26-,28+,37?,38?/m1/s1. The maximum atomic E-state index is 12.9. The molecule has 3 aliphatic rings. The third kappa shape index (κ3) is 6.40. The number of aryl methyl sites for hydroxylation is 1. The van der Waals surface area contributed by atoms with Crippen LogP contribution in [-0.4, -0.2) is 34.3 Å². The van der Waals surface area contributed by atoms with Crippen LogP contribution in [0, 0.1) is 11.8 Å². The van der Waals surface area contributed by atoms with E-state index in [0.717, 1.165) is 49.3 Å². The smallest absolute Gasteiger partial charge is 0.329 e. The van der Waals surface area contributed by atoms with Gasteiger partial charge in [-0.2, -0.15) is 0 Å². The highest BCUT2D eigenvalue weighted by Gasteiger charge is 2.54. The van der Waals surface area contributed by atoms with Crippen molar-refractivity contribution in [3.8, 4) is 11.5 Å². The van der Waals surface area contributed by atoms with Crippen LogP contribution in [0.3, 0.4) is 0 Å². The van der Waals surface area contributed by atoms with E-state index in [1.165, 1.54) is 35.2 Å². The van der Waals surface area contributed by atoms with Gasteiger partial charge in [-0.05, 0) is 142 Å². The monoisotopic (exact) mass is 630 g/mol. The van der Waals surface area contributed by atoms with Crippen molar-refractivity contribution in [1.82, 2.24) is 4.98 Å². The van der Waals surface area contributed by atoms with E-state index >= 15 is 0 Å². The summed E-state index contributed by atoms with van der Waals surface area (Å²) >= 11 is 6.25. The molecule has 0 bridgehead atoms. The van der Waals surface area contributed by atoms with E-state index in [9.17, 15) is 9.90 Å². The van der Waals surface area contributed by atoms with Crippen molar-refractivity contribution < 1.29 is 19.4 Å². The van der Waals surface area contributed by atoms with Gasteiger partial charge in [-0.15, -0.1) is 0 Å². The summed E-state index contributed by atoms with van der Waals surface area (Å²) in [5.74, 6) is 2.29. The van der Waals surface area contributed by atoms with Gasteiger partial charge in [-0.1, -0.05) is 37.6 Å². The topological polar surface area (TPSA) is 80.7 Å².